The summed E-state index contributed by atoms with van der Waals surface area (Å²) in [7, 11) is -0.454. The first-order valence-electron chi connectivity index (χ1n) is 11.4. The molecular weight excluding hydrogens is 510 g/mol. The van der Waals surface area contributed by atoms with Crippen LogP contribution in [0.25, 0.3) is 27.5 Å². The molecule has 0 aliphatic heterocycles. The molecule has 5 aromatic rings. The molecule has 3 aromatic heterocycles. The minimum absolute atomic E-state index is 0.180. The van der Waals surface area contributed by atoms with E-state index in [0.29, 0.717) is 18.1 Å². The third kappa shape index (κ3) is 5.29. The quantitative estimate of drug-likeness (QED) is 0.253. The van der Waals surface area contributed by atoms with Crippen molar-refractivity contribution >= 4 is 32.1 Å². The number of ether oxygens (including phenoxy) is 2. The molecule has 190 valence electrons. The molecule has 11 heteroatoms. The topological polar surface area (TPSA) is 107 Å². The summed E-state index contributed by atoms with van der Waals surface area (Å²) >= 11 is 1.56. The van der Waals surface area contributed by atoms with Gasteiger partial charge in [-0.1, -0.05) is 12.1 Å². The fraction of sp³-hybridized carbons (Fsp3) is 0.154. The van der Waals surface area contributed by atoms with Crippen molar-refractivity contribution in [3.8, 4) is 34.0 Å². The molecule has 0 aliphatic rings. The number of nitrogens with zero attached hydrogens (tertiary/aromatic N) is 3. The van der Waals surface area contributed by atoms with Crippen molar-refractivity contribution in [2.24, 2.45) is 0 Å². The average Bonchev–Trinajstić information content (AvgIpc) is 3.53. The zero-order chi connectivity index (χ0) is 25.8. The van der Waals surface area contributed by atoms with Gasteiger partial charge in [0.1, 0.15) is 17.3 Å². The summed E-state index contributed by atoms with van der Waals surface area (Å²) in [4.78, 5) is 10.3. The molecule has 3 heterocycles. The van der Waals surface area contributed by atoms with E-state index >= 15 is 0 Å². The Bertz CT molecular complexity index is 1630. The van der Waals surface area contributed by atoms with Crippen LogP contribution in [-0.2, 0) is 10.0 Å². The normalized spacial score (nSPS) is 11.5. The highest BCUT2D eigenvalue weighted by molar-refractivity contribution is 7.89. The van der Waals surface area contributed by atoms with Gasteiger partial charge in [0.05, 0.1) is 30.5 Å². The number of sulfonamides is 1. The molecule has 5 rings (SSSR count). The molecule has 2 aromatic carbocycles. The summed E-state index contributed by atoms with van der Waals surface area (Å²) < 4.78 is 40.3. The van der Waals surface area contributed by atoms with Gasteiger partial charge < -0.3 is 14.8 Å². The molecule has 0 radical (unpaired) electrons. The summed E-state index contributed by atoms with van der Waals surface area (Å²) in [5.74, 6) is 1.98. The number of fused-ring (bicyclic) bond motifs is 1. The molecule has 2 N–H and O–H groups in total. The van der Waals surface area contributed by atoms with Gasteiger partial charge in [-0.05, 0) is 48.5 Å². The van der Waals surface area contributed by atoms with Gasteiger partial charge >= 0.3 is 0 Å². The fourth-order valence-corrected chi connectivity index (χ4v) is 5.67. The van der Waals surface area contributed by atoms with Crippen LogP contribution in [0.1, 0.15) is 0 Å². The molecule has 37 heavy (non-hydrogen) atoms. The van der Waals surface area contributed by atoms with E-state index in [-0.39, 0.29) is 11.4 Å². The van der Waals surface area contributed by atoms with E-state index < -0.39 is 10.0 Å². The standard InChI is InChI=1S/C26H25N5O4S2/c1-34-20-6-8-22(9-7-20)37(32,33)29-13-12-28-23-17-19(10-11-27-23)25-24(30-26-31(25)14-15-36-26)18-4-3-5-21(16-18)35-2/h3-11,14-17,29H,12-13H2,1-2H3,(H,27,28). The second kappa shape index (κ2) is 10.6. The lowest BCUT2D eigenvalue weighted by Crippen LogP contribution is -2.29. The van der Waals surface area contributed by atoms with Gasteiger partial charge in [-0.25, -0.2) is 23.1 Å². The molecule has 0 saturated heterocycles. The van der Waals surface area contributed by atoms with E-state index in [9.17, 15) is 8.42 Å². The van der Waals surface area contributed by atoms with Crippen LogP contribution in [0.3, 0.4) is 0 Å². The van der Waals surface area contributed by atoms with Crippen molar-refractivity contribution in [1.82, 2.24) is 19.1 Å². The van der Waals surface area contributed by atoms with Crippen molar-refractivity contribution < 1.29 is 17.9 Å². The minimum atomic E-state index is -3.63. The molecule has 0 unspecified atom stereocenters. The number of methoxy groups -OCH3 is 2. The Kier molecular flexibility index (Phi) is 7.08. The Morgan fingerprint density at radius 3 is 2.54 bits per heavy atom. The molecule has 0 saturated carbocycles. The number of rotatable bonds is 10. The zero-order valence-corrected chi connectivity index (χ0v) is 21.8. The average molecular weight is 536 g/mol. The largest absolute Gasteiger partial charge is 0.497 e. The van der Waals surface area contributed by atoms with Gasteiger partial charge in [0.25, 0.3) is 0 Å². The monoisotopic (exact) mass is 535 g/mol. The number of hydrogen-bond acceptors (Lipinski definition) is 8. The summed E-state index contributed by atoms with van der Waals surface area (Å²) in [5.41, 5.74) is 3.66. The van der Waals surface area contributed by atoms with Crippen LogP contribution in [0.4, 0.5) is 5.82 Å². The molecule has 0 bridgehead atoms. The van der Waals surface area contributed by atoms with E-state index in [1.165, 1.54) is 19.2 Å². The lowest BCUT2D eigenvalue weighted by atomic mass is 10.1. The van der Waals surface area contributed by atoms with E-state index in [1.807, 2.05) is 48.0 Å². The number of hydrogen-bond donors (Lipinski definition) is 2. The highest BCUT2D eigenvalue weighted by atomic mass is 32.2. The summed E-state index contributed by atoms with van der Waals surface area (Å²) in [6.07, 6.45) is 3.72. The lowest BCUT2D eigenvalue weighted by molar-refractivity contribution is 0.414. The number of aromatic nitrogens is 3. The lowest BCUT2D eigenvalue weighted by Gasteiger charge is -2.11. The maximum atomic E-state index is 12.6. The number of anilines is 1. The Morgan fingerprint density at radius 1 is 0.946 bits per heavy atom. The SMILES string of the molecule is COc1ccc(S(=O)(=O)NCCNc2cc(-c3c(-c4cccc(OC)c4)nc4sccn34)ccn2)cc1. The predicted octanol–water partition coefficient (Wildman–Crippen LogP) is 4.53. The second-order valence-corrected chi connectivity index (χ2v) is 10.7. The van der Waals surface area contributed by atoms with Crippen molar-refractivity contribution in [1.29, 1.82) is 0 Å². The number of pyridine rings is 1. The summed E-state index contributed by atoms with van der Waals surface area (Å²) in [5, 5.41) is 5.20. The smallest absolute Gasteiger partial charge is 0.240 e. The van der Waals surface area contributed by atoms with Crippen LogP contribution < -0.4 is 19.5 Å². The Hall–Kier alpha value is -3.93. The third-order valence-electron chi connectivity index (χ3n) is 5.73. The van der Waals surface area contributed by atoms with Crippen molar-refractivity contribution in [2.45, 2.75) is 4.90 Å². The number of thiazole rings is 1. The highest BCUT2D eigenvalue weighted by Gasteiger charge is 2.18. The Balaban J connectivity index is 1.33. The third-order valence-corrected chi connectivity index (χ3v) is 7.97. The van der Waals surface area contributed by atoms with Crippen molar-refractivity contribution in [2.75, 3.05) is 32.6 Å². The van der Waals surface area contributed by atoms with Gasteiger partial charge in [-0.15, -0.1) is 11.3 Å². The van der Waals surface area contributed by atoms with Crippen LogP contribution in [-0.4, -0.2) is 50.1 Å². The van der Waals surface area contributed by atoms with Crippen molar-refractivity contribution in [3.63, 3.8) is 0 Å². The van der Waals surface area contributed by atoms with Crippen LogP contribution in [0, 0.1) is 0 Å². The molecule has 0 atom stereocenters. The van der Waals surface area contributed by atoms with E-state index in [4.69, 9.17) is 14.5 Å². The molecule has 0 aliphatic carbocycles. The predicted molar refractivity (Wildman–Crippen MR) is 145 cm³/mol. The minimum Gasteiger partial charge on any atom is -0.497 e. The maximum absolute atomic E-state index is 12.6. The maximum Gasteiger partial charge on any atom is 0.240 e. The first-order valence-corrected chi connectivity index (χ1v) is 13.8. The van der Waals surface area contributed by atoms with Crippen LogP contribution in [0.15, 0.2) is 83.3 Å². The number of imidazole rings is 1. The molecule has 0 fully saturated rings. The molecule has 0 amide bonds. The zero-order valence-electron chi connectivity index (χ0n) is 20.2. The Morgan fingerprint density at radius 2 is 1.76 bits per heavy atom. The fourth-order valence-electron chi connectivity index (χ4n) is 3.92. The summed E-state index contributed by atoms with van der Waals surface area (Å²) in [6.45, 7) is 0.547. The first-order chi connectivity index (χ1) is 18.0. The van der Waals surface area contributed by atoms with Crippen LogP contribution >= 0.6 is 11.3 Å². The van der Waals surface area contributed by atoms with Gasteiger partial charge in [0.2, 0.25) is 10.0 Å². The Labute approximate surface area is 218 Å². The molecular formula is C26H25N5O4S2. The highest BCUT2D eigenvalue weighted by Crippen LogP contribution is 2.36. The molecule has 9 nitrogen and oxygen atoms in total. The summed E-state index contributed by atoms with van der Waals surface area (Å²) in [6, 6.07) is 17.9. The number of nitrogens with one attached hydrogen (secondary N) is 2. The van der Waals surface area contributed by atoms with E-state index in [2.05, 4.69) is 19.4 Å². The van der Waals surface area contributed by atoms with Gasteiger partial charge in [0, 0.05) is 42.0 Å². The first kappa shape index (κ1) is 24.8. The van der Waals surface area contributed by atoms with Crippen molar-refractivity contribution in [3.05, 3.63) is 78.4 Å². The van der Waals surface area contributed by atoms with E-state index in [1.54, 1.807) is 36.8 Å². The van der Waals surface area contributed by atoms with Gasteiger partial charge in [-0.3, -0.25) is 4.40 Å². The van der Waals surface area contributed by atoms with Gasteiger partial charge in [-0.2, -0.15) is 0 Å². The molecule has 0 spiro atoms. The van der Waals surface area contributed by atoms with E-state index in [0.717, 1.165) is 33.2 Å². The van der Waals surface area contributed by atoms with Crippen LogP contribution in [0.5, 0.6) is 11.5 Å². The second-order valence-electron chi connectivity index (χ2n) is 8.03. The van der Waals surface area contributed by atoms with Gasteiger partial charge in [0.15, 0.2) is 4.96 Å². The van der Waals surface area contributed by atoms with Crippen LogP contribution in [0.2, 0.25) is 0 Å². The number of benzene rings is 2.